The Balaban J connectivity index is 0.000000386. The molecule has 2 aromatic rings. The minimum atomic E-state index is -0.127. The number of hydrogen-bond acceptors (Lipinski definition) is 3. The molecule has 0 aliphatic rings. The van der Waals surface area contributed by atoms with Gasteiger partial charge < -0.3 is 10.7 Å². The fraction of sp³-hybridized carbons (Fsp3) is 0.333. The second kappa shape index (κ2) is 5.30. The van der Waals surface area contributed by atoms with Crippen molar-refractivity contribution in [3.63, 3.8) is 0 Å². The average Bonchev–Trinajstić information content (AvgIpc) is 2.17. The molecule has 86 valence electrons. The van der Waals surface area contributed by atoms with Gasteiger partial charge in [0.05, 0.1) is 22.9 Å². The van der Waals surface area contributed by atoms with Gasteiger partial charge in [0.1, 0.15) is 0 Å². The van der Waals surface area contributed by atoms with E-state index >= 15 is 0 Å². The van der Waals surface area contributed by atoms with Crippen molar-refractivity contribution < 1.29 is 0 Å². The van der Waals surface area contributed by atoms with Crippen LogP contribution < -0.4 is 11.3 Å². The largest absolute Gasteiger partial charge is 0.397 e. The van der Waals surface area contributed by atoms with E-state index in [1.54, 1.807) is 12.3 Å². The highest BCUT2D eigenvalue weighted by atomic mass is 16.1. The van der Waals surface area contributed by atoms with Crippen LogP contribution in [-0.2, 0) is 0 Å². The Labute approximate surface area is 94.5 Å². The van der Waals surface area contributed by atoms with E-state index in [9.17, 15) is 4.79 Å². The molecule has 0 bridgehead atoms. The van der Waals surface area contributed by atoms with Crippen LogP contribution in [0.4, 0.5) is 5.69 Å². The fourth-order valence-corrected chi connectivity index (χ4v) is 1.32. The third-order valence-electron chi connectivity index (χ3n) is 1.89. The molecule has 0 unspecified atom stereocenters. The smallest absolute Gasteiger partial charge is 0.248 e. The molecule has 2 heterocycles. The van der Waals surface area contributed by atoms with Crippen LogP contribution in [0.1, 0.15) is 25.8 Å². The molecule has 0 aliphatic carbocycles. The van der Waals surface area contributed by atoms with Crippen LogP contribution in [0.5, 0.6) is 0 Å². The van der Waals surface area contributed by atoms with E-state index in [1.807, 2.05) is 6.92 Å². The lowest BCUT2D eigenvalue weighted by molar-refractivity contribution is 1.09. The number of nitrogens with zero attached hydrogens (tertiary/aromatic N) is 1. The molecule has 4 nitrogen and oxygen atoms in total. The van der Waals surface area contributed by atoms with Crippen LogP contribution in [-0.4, -0.2) is 9.97 Å². The lowest BCUT2D eigenvalue weighted by Gasteiger charge is -2.00. The molecule has 2 rings (SSSR count). The zero-order chi connectivity index (χ0) is 12.1. The van der Waals surface area contributed by atoms with Gasteiger partial charge in [-0.3, -0.25) is 9.78 Å². The first-order valence-corrected chi connectivity index (χ1v) is 5.33. The normalized spacial score (nSPS) is 9.69. The minimum absolute atomic E-state index is 0.127. The Morgan fingerprint density at radius 3 is 2.62 bits per heavy atom. The number of nitrogens with one attached hydrogen (secondary N) is 1. The molecule has 0 aromatic carbocycles. The number of anilines is 1. The summed E-state index contributed by atoms with van der Waals surface area (Å²) in [5.74, 6) is 0. The van der Waals surface area contributed by atoms with Crippen molar-refractivity contribution in [3.05, 3.63) is 34.2 Å². The predicted octanol–water partition coefficient (Wildman–Crippen LogP) is 2.23. The van der Waals surface area contributed by atoms with Crippen molar-refractivity contribution in [3.8, 4) is 0 Å². The maximum absolute atomic E-state index is 11.1. The molecule has 0 radical (unpaired) electrons. The number of rotatable bonds is 0. The number of fused-ring (bicyclic) bond motifs is 1. The zero-order valence-electron chi connectivity index (χ0n) is 9.87. The standard InChI is InChI=1S/C9H9N3O.C3H8/c1-5-2-8(13)12-7-3-6(10)4-11-9(5)7;1-3-2/h2-4H,10H2,1H3,(H,12,13);3H2,1-2H3. The summed E-state index contributed by atoms with van der Waals surface area (Å²) in [5, 5.41) is 0. The number of H-pyrrole nitrogens is 1. The first-order valence-electron chi connectivity index (χ1n) is 5.33. The van der Waals surface area contributed by atoms with E-state index < -0.39 is 0 Å². The van der Waals surface area contributed by atoms with E-state index in [0.29, 0.717) is 11.2 Å². The Hall–Kier alpha value is -1.84. The number of aromatic amines is 1. The van der Waals surface area contributed by atoms with Crippen LogP contribution in [0.15, 0.2) is 23.1 Å². The number of nitrogens with two attached hydrogens (primary N) is 1. The van der Waals surface area contributed by atoms with E-state index in [0.717, 1.165) is 11.1 Å². The summed E-state index contributed by atoms with van der Waals surface area (Å²) in [6, 6.07) is 3.22. The van der Waals surface area contributed by atoms with Crippen molar-refractivity contribution in [1.29, 1.82) is 0 Å². The highest BCUT2D eigenvalue weighted by molar-refractivity contribution is 5.79. The van der Waals surface area contributed by atoms with E-state index in [1.165, 1.54) is 12.5 Å². The fourth-order valence-electron chi connectivity index (χ4n) is 1.32. The quantitative estimate of drug-likeness (QED) is 0.713. The predicted molar refractivity (Wildman–Crippen MR) is 67.5 cm³/mol. The van der Waals surface area contributed by atoms with Gasteiger partial charge in [0.25, 0.3) is 0 Å². The van der Waals surface area contributed by atoms with E-state index in [-0.39, 0.29) is 5.56 Å². The van der Waals surface area contributed by atoms with Gasteiger partial charge in [-0.15, -0.1) is 0 Å². The summed E-state index contributed by atoms with van der Waals surface area (Å²) in [7, 11) is 0. The molecule has 4 heteroatoms. The maximum Gasteiger partial charge on any atom is 0.248 e. The molecule has 0 saturated heterocycles. The molecule has 3 N–H and O–H groups in total. The van der Waals surface area contributed by atoms with Crippen LogP contribution in [0.25, 0.3) is 11.0 Å². The van der Waals surface area contributed by atoms with Gasteiger partial charge in [0.15, 0.2) is 0 Å². The van der Waals surface area contributed by atoms with Crippen molar-refractivity contribution in [1.82, 2.24) is 9.97 Å². The van der Waals surface area contributed by atoms with Gasteiger partial charge >= 0.3 is 0 Å². The number of nitrogen functional groups attached to an aromatic ring is 1. The Bertz CT molecular complexity index is 531. The van der Waals surface area contributed by atoms with E-state index in [2.05, 4.69) is 23.8 Å². The topological polar surface area (TPSA) is 71.8 Å². The highest BCUT2D eigenvalue weighted by Gasteiger charge is 2.00. The minimum Gasteiger partial charge on any atom is -0.397 e. The summed E-state index contributed by atoms with van der Waals surface area (Å²) in [6.45, 7) is 6.10. The maximum atomic E-state index is 11.1. The van der Waals surface area contributed by atoms with Crippen LogP contribution in [0.2, 0.25) is 0 Å². The molecule has 0 spiro atoms. The second-order valence-corrected chi connectivity index (χ2v) is 3.69. The lowest BCUT2D eigenvalue weighted by Crippen LogP contribution is -2.05. The van der Waals surface area contributed by atoms with Gasteiger partial charge in [0, 0.05) is 6.07 Å². The van der Waals surface area contributed by atoms with Crippen molar-refractivity contribution in [2.45, 2.75) is 27.2 Å². The van der Waals surface area contributed by atoms with E-state index in [4.69, 9.17) is 5.73 Å². The van der Waals surface area contributed by atoms with Crippen molar-refractivity contribution in [2.24, 2.45) is 0 Å². The molecular formula is C12H17N3O. The molecule has 0 amide bonds. The second-order valence-electron chi connectivity index (χ2n) is 3.69. The Morgan fingerprint density at radius 2 is 2.00 bits per heavy atom. The monoisotopic (exact) mass is 219 g/mol. The van der Waals surface area contributed by atoms with Gasteiger partial charge in [-0.25, -0.2) is 0 Å². The first kappa shape index (κ1) is 12.2. The van der Waals surface area contributed by atoms with Crippen molar-refractivity contribution >= 4 is 16.7 Å². The van der Waals surface area contributed by atoms with Gasteiger partial charge in [-0.2, -0.15) is 0 Å². The molecule has 0 fully saturated rings. The molecule has 2 aromatic heterocycles. The van der Waals surface area contributed by atoms with Gasteiger partial charge in [-0.1, -0.05) is 20.3 Å². The summed E-state index contributed by atoms with van der Waals surface area (Å²) in [4.78, 5) is 17.9. The highest BCUT2D eigenvalue weighted by Crippen LogP contribution is 2.13. The van der Waals surface area contributed by atoms with Crippen LogP contribution in [0, 0.1) is 6.92 Å². The summed E-state index contributed by atoms with van der Waals surface area (Å²) in [6.07, 6.45) is 2.83. The number of aryl methyl sites for hydroxylation is 1. The molecule has 16 heavy (non-hydrogen) atoms. The summed E-state index contributed by atoms with van der Waals surface area (Å²) < 4.78 is 0. The van der Waals surface area contributed by atoms with Crippen molar-refractivity contribution in [2.75, 3.05) is 5.73 Å². The van der Waals surface area contributed by atoms with Gasteiger partial charge in [-0.05, 0) is 18.6 Å². The SMILES string of the molecule is CCC.Cc1cc(=O)[nH]c2cc(N)cnc12. The zero-order valence-corrected chi connectivity index (χ0v) is 9.87. The third kappa shape index (κ3) is 2.82. The van der Waals surface area contributed by atoms with Gasteiger partial charge in [0.2, 0.25) is 5.56 Å². The Kier molecular flexibility index (Phi) is 4.05. The number of aromatic nitrogens is 2. The number of pyridine rings is 2. The third-order valence-corrected chi connectivity index (χ3v) is 1.89. The summed E-state index contributed by atoms with van der Waals surface area (Å²) in [5.41, 5.74) is 8.29. The summed E-state index contributed by atoms with van der Waals surface area (Å²) >= 11 is 0. The molecule has 0 saturated carbocycles. The molecular weight excluding hydrogens is 202 g/mol. The average molecular weight is 219 g/mol. The molecule has 0 aliphatic heterocycles. The number of hydrogen-bond donors (Lipinski definition) is 2. The lowest BCUT2D eigenvalue weighted by atomic mass is 10.2. The molecule has 0 atom stereocenters. The Morgan fingerprint density at radius 1 is 1.38 bits per heavy atom. The van der Waals surface area contributed by atoms with Crippen LogP contribution in [0.3, 0.4) is 0 Å². The first-order chi connectivity index (χ1) is 7.58. The van der Waals surface area contributed by atoms with Crippen LogP contribution >= 0.6 is 0 Å².